The molecule has 0 unspecified atom stereocenters. The molecule has 4 heterocycles. The highest BCUT2D eigenvalue weighted by molar-refractivity contribution is 6.10. The Balaban J connectivity index is 1.25. The smallest absolute Gasteiger partial charge is 0.229 e. The quantitative estimate of drug-likeness (QED) is 0.426. The topological polar surface area (TPSA) is 80.9 Å². The number of benzene rings is 1. The second-order valence-electron chi connectivity index (χ2n) is 9.24. The van der Waals surface area contributed by atoms with Crippen molar-refractivity contribution in [1.82, 2.24) is 29.2 Å². The number of nitrogens with one attached hydrogen (secondary N) is 1. The number of rotatable bonds is 7. The maximum absolute atomic E-state index is 12.8. The Labute approximate surface area is 198 Å². The van der Waals surface area contributed by atoms with Crippen molar-refractivity contribution in [1.29, 1.82) is 0 Å². The number of aryl methyl sites for hydroxylation is 2. The lowest BCUT2D eigenvalue weighted by molar-refractivity contribution is 0.0969. The largest absolute Gasteiger partial charge is 0.350 e. The molecule has 1 N–H and O–H groups in total. The van der Waals surface area contributed by atoms with Crippen LogP contribution >= 0.6 is 0 Å². The van der Waals surface area contributed by atoms with Gasteiger partial charge in [0, 0.05) is 85.0 Å². The number of anilines is 2. The van der Waals surface area contributed by atoms with E-state index in [1.807, 2.05) is 59.9 Å². The summed E-state index contributed by atoms with van der Waals surface area (Å²) >= 11 is 0. The lowest BCUT2D eigenvalue weighted by atomic mass is 10.1. The van der Waals surface area contributed by atoms with Crippen LogP contribution in [-0.4, -0.2) is 48.1 Å². The number of ketones is 1. The van der Waals surface area contributed by atoms with Crippen LogP contribution < -0.4 is 5.32 Å². The first-order valence-corrected chi connectivity index (χ1v) is 11.7. The molecule has 1 aromatic carbocycles. The van der Waals surface area contributed by atoms with Crippen molar-refractivity contribution in [2.45, 2.75) is 26.3 Å². The van der Waals surface area contributed by atoms with Gasteiger partial charge in [-0.2, -0.15) is 10.1 Å². The minimum atomic E-state index is 0.186. The fourth-order valence-corrected chi connectivity index (χ4v) is 4.56. The SMILES string of the molecule is Cc1nn(-c2ccnc(Nc3ccc4c(c3)c(C(=O)C3CC3)cn4C)n2)cc1CN1C[CH][CH]C1. The molecule has 0 bridgehead atoms. The molecule has 2 fully saturated rings. The van der Waals surface area contributed by atoms with Crippen LogP contribution in [-0.2, 0) is 13.6 Å². The number of carbonyl (C=O) groups is 1. The molecule has 172 valence electrons. The lowest BCUT2D eigenvalue weighted by Crippen LogP contribution is -2.18. The van der Waals surface area contributed by atoms with Gasteiger partial charge in [0.1, 0.15) is 0 Å². The average molecular weight is 454 g/mol. The van der Waals surface area contributed by atoms with E-state index in [0.717, 1.165) is 60.3 Å². The molecule has 3 aromatic heterocycles. The Morgan fingerprint density at radius 1 is 1.15 bits per heavy atom. The van der Waals surface area contributed by atoms with Gasteiger partial charge in [0.25, 0.3) is 0 Å². The highest BCUT2D eigenvalue weighted by atomic mass is 16.1. The molecular weight excluding hydrogens is 426 g/mol. The van der Waals surface area contributed by atoms with Gasteiger partial charge in [0.15, 0.2) is 11.6 Å². The van der Waals surface area contributed by atoms with Crippen LogP contribution in [0.15, 0.2) is 42.9 Å². The van der Waals surface area contributed by atoms with Gasteiger partial charge in [-0.15, -0.1) is 0 Å². The maximum Gasteiger partial charge on any atom is 0.229 e. The molecule has 8 heteroatoms. The van der Waals surface area contributed by atoms with Crippen LogP contribution in [0.3, 0.4) is 0 Å². The number of hydrogen-bond acceptors (Lipinski definition) is 6. The molecule has 6 rings (SSSR count). The Kier molecular flexibility index (Phi) is 5.17. The van der Waals surface area contributed by atoms with Crippen LogP contribution in [0, 0.1) is 25.7 Å². The Morgan fingerprint density at radius 3 is 2.76 bits per heavy atom. The highest BCUT2D eigenvalue weighted by Gasteiger charge is 2.32. The van der Waals surface area contributed by atoms with Gasteiger partial charge in [0.05, 0.1) is 5.69 Å². The zero-order chi connectivity index (χ0) is 23.2. The van der Waals surface area contributed by atoms with E-state index in [1.54, 1.807) is 6.20 Å². The molecule has 2 radical (unpaired) electrons. The zero-order valence-corrected chi connectivity index (χ0v) is 19.4. The third-order valence-corrected chi connectivity index (χ3v) is 6.62. The summed E-state index contributed by atoms with van der Waals surface area (Å²) in [6.45, 7) is 4.86. The number of Topliss-reactive ketones (excluding diaryl/α,β-unsaturated/α-hetero) is 1. The van der Waals surface area contributed by atoms with E-state index >= 15 is 0 Å². The predicted molar refractivity (Wildman–Crippen MR) is 131 cm³/mol. The van der Waals surface area contributed by atoms with Crippen molar-refractivity contribution in [3.05, 3.63) is 72.5 Å². The number of nitrogens with zero attached hydrogens (tertiary/aromatic N) is 6. The number of carbonyl (C=O) groups excluding carboxylic acids is 1. The minimum Gasteiger partial charge on any atom is -0.350 e. The molecule has 8 nitrogen and oxygen atoms in total. The van der Waals surface area contributed by atoms with Crippen LogP contribution in [0.25, 0.3) is 16.7 Å². The van der Waals surface area contributed by atoms with Gasteiger partial charge < -0.3 is 9.88 Å². The zero-order valence-electron chi connectivity index (χ0n) is 19.4. The Hall–Kier alpha value is -3.52. The summed E-state index contributed by atoms with van der Waals surface area (Å²) in [6, 6.07) is 7.89. The molecule has 34 heavy (non-hydrogen) atoms. The van der Waals surface area contributed by atoms with Crippen molar-refractivity contribution in [3.8, 4) is 5.82 Å². The monoisotopic (exact) mass is 453 g/mol. The Bertz CT molecular complexity index is 1380. The van der Waals surface area contributed by atoms with Crippen molar-refractivity contribution < 1.29 is 4.79 Å². The van der Waals surface area contributed by atoms with E-state index in [2.05, 4.69) is 38.1 Å². The van der Waals surface area contributed by atoms with Gasteiger partial charge in [-0.3, -0.25) is 9.69 Å². The van der Waals surface area contributed by atoms with Gasteiger partial charge in [0.2, 0.25) is 5.95 Å². The predicted octanol–water partition coefficient (Wildman–Crippen LogP) is 4.02. The average Bonchev–Trinajstić information content (AvgIpc) is 3.30. The van der Waals surface area contributed by atoms with E-state index < -0.39 is 0 Å². The molecule has 0 amide bonds. The number of hydrogen-bond donors (Lipinski definition) is 1. The van der Waals surface area contributed by atoms with Crippen molar-refractivity contribution >= 4 is 28.3 Å². The van der Waals surface area contributed by atoms with E-state index in [1.165, 1.54) is 5.56 Å². The molecule has 1 aliphatic heterocycles. The maximum atomic E-state index is 12.8. The molecule has 1 saturated heterocycles. The van der Waals surface area contributed by atoms with Gasteiger partial charge in [-0.1, -0.05) is 0 Å². The van der Waals surface area contributed by atoms with E-state index in [4.69, 9.17) is 0 Å². The number of fused-ring (bicyclic) bond motifs is 1. The van der Waals surface area contributed by atoms with Crippen molar-refractivity contribution in [3.63, 3.8) is 0 Å². The number of likely N-dealkylation sites (tertiary alicyclic amines) is 1. The van der Waals surface area contributed by atoms with E-state index in [-0.39, 0.29) is 11.7 Å². The highest BCUT2D eigenvalue weighted by Crippen LogP contribution is 2.36. The third-order valence-electron chi connectivity index (χ3n) is 6.62. The second kappa shape index (κ2) is 8.36. The summed E-state index contributed by atoms with van der Waals surface area (Å²) in [4.78, 5) is 24.2. The first-order chi connectivity index (χ1) is 16.5. The molecule has 2 aliphatic rings. The first kappa shape index (κ1) is 21.0. The summed E-state index contributed by atoms with van der Waals surface area (Å²) in [5.74, 6) is 1.63. The fourth-order valence-electron chi connectivity index (χ4n) is 4.56. The van der Waals surface area contributed by atoms with Crippen molar-refractivity contribution in [2.24, 2.45) is 13.0 Å². The van der Waals surface area contributed by atoms with Gasteiger partial charge in [-0.25, -0.2) is 9.67 Å². The second-order valence-corrected chi connectivity index (χ2v) is 9.24. The van der Waals surface area contributed by atoms with Gasteiger partial charge >= 0.3 is 0 Å². The lowest BCUT2D eigenvalue weighted by Gasteiger charge is -2.12. The molecule has 1 aliphatic carbocycles. The summed E-state index contributed by atoms with van der Waals surface area (Å²) in [5, 5.41) is 8.95. The summed E-state index contributed by atoms with van der Waals surface area (Å²) in [5.41, 5.74) is 4.88. The molecule has 0 spiro atoms. The Morgan fingerprint density at radius 2 is 1.97 bits per heavy atom. The molecule has 4 aromatic rings. The standard InChI is InChI=1S/C26H27N7O/c1-17-19(14-32-11-3-4-12-32)15-33(30-17)24-9-10-27-26(29-24)28-20-7-8-23-21(13-20)22(16-31(23)2)25(34)18-5-6-18/h3-4,7-10,13,15-16,18H,5-6,11-12,14H2,1-2H3,(H,27,28,29). The van der Waals surface area contributed by atoms with Crippen molar-refractivity contribution in [2.75, 3.05) is 18.4 Å². The normalized spacial score (nSPS) is 16.4. The molecule has 1 saturated carbocycles. The number of aromatic nitrogens is 5. The fraction of sp³-hybridized carbons (Fsp3) is 0.308. The summed E-state index contributed by atoms with van der Waals surface area (Å²) < 4.78 is 3.83. The summed E-state index contributed by atoms with van der Waals surface area (Å²) in [6.07, 6.45) is 12.1. The minimum absolute atomic E-state index is 0.186. The van der Waals surface area contributed by atoms with Crippen LogP contribution in [0.5, 0.6) is 0 Å². The third kappa shape index (κ3) is 3.98. The van der Waals surface area contributed by atoms with Crippen LogP contribution in [0.2, 0.25) is 0 Å². The summed E-state index contributed by atoms with van der Waals surface area (Å²) in [7, 11) is 1.98. The van der Waals surface area contributed by atoms with Gasteiger partial charge in [-0.05, 0) is 50.8 Å². The first-order valence-electron chi connectivity index (χ1n) is 11.7. The van der Waals surface area contributed by atoms with E-state index in [9.17, 15) is 4.79 Å². The van der Waals surface area contributed by atoms with Crippen LogP contribution in [0.4, 0.5) is 11.6 Å². The molecular formula is C26H27N7O. The van der Waals surface area contributed by atoms with E-state index in [0.29, 0.717) is 11.8 Å². The molecule has 0 atom stereocenters. The van der Waals surface area contributed by atoms with Crippen LogP contribution in [0.1, 0.15) is 34.5 Å².